The van der Waals surface area contributed by atoms with Crippen molar-refractivity contribution in [3.05, 3.63) is 71.7 Å². The van der Waals surface area contributed by atoms with Crippen LogP contribution in [0.25, 0.3) is 10.2 Å². The molecule has 43 heavy (non-hydrogen) atoms. The zero-order valence-electron chi connectivity index (χ0n) is 23.9. The summed E-state index contributed by atoms with van der Waals surface area (Å²) in [5.41, 5.74) is 1.84. The summed E-state index contributed by atoms with van der Waals surface area (Å²) in [5.74, 6) is 1.08. The van der Waals surface area contributed by atoms with Gasteiger partial charge in [0.25, 0.3) is 5.91 Å². The summed E-state index contributed by atoms with van der Waals surface area (Å²) in [4.78, 5) is 34.8. The minimum Gasteiger partial charge on any atom is -0.457 e. The summed E-state index contributed by atoms with van der Waals surface area (Å²) < 4.78 is 26.1. The highest BCUT2D eigenvalue weighted by Gasteiger charge is 2.39. The van der Waals surface area contributed by atoms with Gasteiger partial charge < -0.3 is 29.9 Å². The Balaban J connectivity index is 0.00000212. The number of nitrogens with zero attached hydrogens (tertiary/aromatic N) is 3. The van der Waals surface area contributed by atoms with Crippen LogP contribution in [0.3, 0.4) is 0 Å². The van der Waals surface area contributed by atoms with Crippen LogP contribution >= 0.6 is 38.3 Å². The van der Waals surface area contributed by atoms with Crippen molar-refractivity contribution in [1.82, 2.24) is 15.2 Å². The number of thiophene rings is 1. The fraction of sp³-hybridized carbons (Fsp3) is 0.300. The maximum Gasteiger partial charge on any atom is 0.410 e. The third kappa shape index (κ3) is 6.78. The van der Waals surface area contributed by atoms with Crippen LogP contribution in [0.4, 0.5) is 26.2 Å². The second kappa shape index (κ2) is 12.9. The van der Waals surface area contributed by atoms with Gasteiger partial charge in [-0.2, -0.15) is 27.0 Å². The summed E-state index contributed by atoms with van der Waals surface area (Å²) in [5, 5.41) is 7.00. The lowest BCUT2D eigenvalue weighted by Gasteiger charge is -2.30. The first kappa shape index (κ1) is 32.2. The minimum absolute atomic E-state index is 0. The number of likely N-dealkylation sites (tertiary alicyclic amines) is 1. The first-order valence-corrected chi connectivity index (χ1v) is 14.2. The number of rotatable bonds is 5. The van der Waals surface area contributed by atoms with Crippen LogP contribution in [0.5, 0.6) is 11.5 Å². The van der Waals surface area contributed by atoms with E-state index in [9.17, 15) is 14.0 Å². The van der Waals surface area contributed by atoms with E-state index in [1.165, 1.54) is 16.2 Å². The van der Waals surface area contributed by atoms with Crippen LogP contribution in [-0.2, 0) is 4.74 Å². The van der Waals surface area contributed by atoms with E-state index >= 15 is 0 Å². The van der Waals surface area contributed by atoms with Gasteiger partial charge in [-0.15, -0.1) is 11.3 Å². The molecule has 228 valence electrons. The van der Waals surface area contributed by atoms with Gasteiger partial charge in [0, 0.05) is 18.4 Å². The molecule has 2 aliphatic heterocycles. The molecule has 0 spiro atoms. The normalized spacial score (nSPS) is 17.4. The van der Waals surface area contributed by atoms with Crippen LogP contribution in [-0.4, -0.2) is 59.5 Å². The molecule has 2 amide bonds. The van der Waals surface area contributed by atoms with E-state index in [2.05, 4.69) is 20.5 Å². The lowest BCUT2D eigenvalue weighted by atomic mass is 10.1. The highest BCUT2D eigenvalue weighted by atomic mass is 32.1. The first-order chi connectivity index (χ1) is 19.7. The molecule has 1 fully saturated rings. The quantitative estimate of drug-likeness (QED) is 0.256. The number of amides is 2. The number of alkyl halides is 1. The third-order valence-corrected chi connectivity index (χ3v) is 7.92. The average molecular weight is 644 g/mol. The maximum atomic E-state index is 14.9. The van der Waals surface area contributed by atoms with E-state index in [4.69, 9.17) is 9.47 Å². The van der Waals surface area contributed by atoms with Gasteiger partial charge in [-0.3, -0.25) is 4.79 Å². The van der Waals surface area contributed by atoms with Crippen LogP contribution in [0.15, 0.2) is 66.9 Å². The van der Waals surface area contributed by atoms with Crippen molar-refractivity contribution in [3.8, 4) is 11.5 Å². The predicted octanol–water partition coefficient (Wildman–Crippen LogP) is 6.52. The van der Waals surface area contributed by atoms with Crippen LogP contribution in [0, 0.1) is 0 Å². The topological polar surface area (TPSA) is 96.0 Å². The first-order valence-electron chi connectivity index (χ1n) is 13.3. The molecule has 2 aromatic carbocycles. The van der Waals surface area contributed by atoms with E-state index < -0.39 is 29.8 Å². The van der Waals surface area contributed by atoms with E-state index in [0.717, 1.165) is 28.3 Å². The number of aromatic nitrogens is 1. The minimum atomic E-state index is -1.40. The zero-order chi connectivity index (χ0) is 28.7. The Labute approximate surface area is 267 Å². The maximum absolute atomic E-state index is 14.9. The van der Waals surface area contributed by atoms with E-state index in [1.807, 2.05) is 60.7 Å². The van der Waals surface area contributed by atoms with E-state index in [-0.39, 0.29) is 40.1 Å². The molecule has 1 saturated heterocycles. The Bertz CT molecular complexity index is 1600. The number of carbonyl (C=O) groups is 2. The lowest BCUT2D eigenvalue weighted by Crippen LogP contribution is -2.42. The number of carbonyl (C=O) groups excluding carboxylic acids is 2. The molecule has 6 rings (SSSR count). The molecular weight excluding hydrogens is 610 g/mol. The second-order valence-corrected chi connectivity index (χ2v) is 12.0. The van der Waals surface area contributed by atoms with Gasteiger partial charge in [-0.05, 0) is 63.2 Å². The molecule has 0 saturated carbocycles. The largest absolute Gasteiger partial charge is 0.457 e. The molecule has 2 aliphatic rings. The van der Waals surface area contributed by atoms with Gasteiger partial charge in [0.15, 0.2) is 0 Å². The van der Waals surface area contributed by atoms with Gasteiger partial charge in [0.1, 0.15) is 33.0 Å². The molecule has 2 aromatic heterocycles. The highest BCUT2D eigenvalue weighted by Crippen LogP contribution is 2.45. The number of ether oxygens (including phenoxy) is 2. The number of halogens is 1. The van der Waals surface area contributed by atoms with E-state index in [0.29, 0.717) is 22.1 Å². The smallest absolute Gasteiger partial charge is 0.410 e. The third-order valence-electron chi connectivity index (χ3n) is 6.82. The Morgan fingerprint density at radius 1 is 1.02 bits per heavy atom. The number of nitrogens with one attached hydrogen (secondary N) is 2. The Morgan fingerprint density at radius 3 is 2.42 bits per heavy atom. The van der Waals surface area contributed by atoms with Crippen molar-refractivity contribution in [2.24, 2.45) is 0 Å². The number of hydrogen-bond acceptors (Lipinski definition) is 8. The Morgan fingerprint density at radius 2 is 1.72 bits per heavy atom. The molecule has 0 radical (unpaired) electrons. The molecule has 0 aliphatic carbocycles. The molecule has 0 bridgehead atoms. The van der Waals surface area contributed by atoms with Gasteiger partial charge in [0.05, 0.1) is 36.0 Å². The van der Waals surface area contributed by atoms with Gasteiger partial charge >= 0.3 is 6.09 Å². The summed E-state index contributed by atoms with van der Waals surface area (Å²) in [7, 11) is 0. The lowest BCUT2D eigenvalue weighted by molar-refractivity contribution is 0.0281. The van der Waals surface area contributed by atoms with Crippen molar-refractivity contribution in [3.63, 3.8) is 0 Å². The summed E-state index contributed by atoms with van der Waals surface area (Å²) in [6.45, 7) is 5.60. The summed E-state index contributed by atoms with van der Waals surface area (Å²) >= 11 is 1.25. The zero-order valence-corrected chi connectivity index (χ0v) is 26.7. The number of hydrogen-bond donors (Lipinski definition) is 2. The van der Waals surface area contributed by atoms with Crippen LogP contribution in [0.1, 0.15) is 30.4 Å². The summed E-state index contributed by atoms with van der Waals surface area (Å²) in [6, 6.07) is 18.5. The summed E-state index contributed by atoms with van der Waals surface area (Å²) in [6.07, 6.45) is -0.273. The number of anilines is 3. The monoisotopic (exact) mass is 643 g/mol. The van der Waals surface area contributed by atoms with Crippen molar-refractivity contribution < 1.29 is 23.5 Å². The molecule has 2 atom stereocenters. The SMILES string of the molecule is CC(C)(C)OC(=O)N1C[C@H](NC(=O)c2sc3nccc4c3c2NCN4c2ccc(Oc3ccccc3)cc2)[C@@H](F)C1.S.S. The molecule has 9 nitrogen and oxygen atoms in total. The number of para-hydroxylation sites is 1. The number of pyridine rings is 1. The molecule has 0 unspecified atom stereocenters. The van der Waals surface area contributed by atoms with Crippen LogP contribution < -0.4 is 20.3 Å². The van der Waals surface area contributed by atoms with Gasteiger partial charge in [-0.1, -0.05) is 18.2 Å². The van der Waals surface area contributed by atoms with E-state index in [1.54, 1.807) is 27.0 Å². The van der Waals surface area contributed by atoms with Gasteiger partial charge in [0.2, 0.25) is 0 Å². The van der Waals surface area contributed by atoms with Crippen molar-refractivity contribution >= 4 is 77.6 Å². The average Bonchev–Trinajstić information content (AvgIpc) is 3.51. The fourth-order valence-electron chi connectivity index (χ4n) is 4.96. The second-order valence-electron chi connectivity index (χ2n) is 11.0. The standard InChI is InChI=1S/C30H30FN5O4S.2H2S/c1-30(2,3)40-29(38)35-15-21(31)22(16-35)34-27(37)26-25-24-23(13-14-32-28(24)41-26)36(17-33-25)18-9-11-20(12-10-18)39-19-7-5-4-6-8-19;;/h4-14,21-22,33H,15-17H2,1-3H3,(H,34,37);2*1H2/t21-,22-;;/m0../s1. The Hall–Kier alpha value is -3.68. The van der Waals surface area contributed by atoms with Crippen molar-refractivity contribution in [1.29, 1.82) is 0 Å². The molecule has 4 aromatic rings. The Kier molecular flexibility index (Phi) is 9.67. The molecular formula is C30H34FN5O4S3. The highest BCUT2D eigenvalue weighted by molar-refractivity contribution is 7.59. The van der Waals surface area contributed by atoms with Crippen molar-refractivity contribution in [2.75, 3.05) is 30.0 Å². The molecule has 4 heterocycles. The van der Waals surface area contributed by atoms with Gasteiger partial charge in [-0.25, -0.2) is 14.2 Å². The van der Waals surface area contributed by atoms with Crippen molar-refractivity contribution in [2.45, 2.75) is 38.6 Å². The molecule has 13 heteroatoms. The van der Waals surface area contributed by atoms with Crippen LogP contribution in [0.2, 0.25) is 0 Å². The predicted molar refractivity (Wildman–Crippen MR) is 178 cm³/mol. The molecule has 2 N–H and O–H groups in total. The fourth-order valence-corrected chi connectivity index (χ4v) is 6.01. The number of benzene rings is 2.